The van der Waals surface area contributed by atoms with Gasteiger partial charge in [0.05, 0.1) is 22.4 Å². The van der Waals surface area contributed by atoms with Crippen LogP contribution < -0.4 is 4.90 Å². The van der Waals surface area contributed by atoms with E-state index in [-0.39, 0.29) is 10.8 Å². The van der Waals surface area contributed by atoms with E-state index in [0.29, 0.717) is 0 Å². The number of anilines is 3. The number of hydrogen-bond donors (Lipinski definition) is 0. The molecule has 12 rings (SSSR count). The van der Waals surface area contributed by atoms with Crippen LogP contribution in [0.25, 0.3) is 93.2 Å². The maximum absolute atomic E-state index is 2.53. The summed E-state index contributed by atoms with van der Waals surface area (Å²) in [5.74, 6) is 0. The highest BCUT2D eigenvalue weighted by Crippen LogP contribution is 2.49. The molecule has 68 heavy (non-hydrogen) atoms. The molecule has 1 heterocycles. The van der Waals surface area contributed by atoms with Gasteiger partial charge in [-0.1, -0.05) is 205 Å². The van der Waals surface area contributed by atoms with Gasteiger partial charge in [-0.05, 0) is 131 Å². The first kappa shape index (κ1) is 41.5. The van der Waals surface area contributed by atoms with Crippen molar-refractivity contribution in [2.75, 3.05) is 4.90 Å². The fraction of sp³-hybridized carbons (Fsp3) is 0.121. The van der Waals surface area contributed by atoms with Crippen LogP contribution in [-0.2, 0) is 10.8 Å². The third kappa shape index (κ3) is 6.86. The number of fused-ring (bicyclic) bond motifs is 3. The van der Waals surface area contributed by atoms with Gasteiger partial charge in [-0.15, -0.1) is 0 Å². The molecule has 0 N–H and O–H groups in total. The Labute approximate surface area is 399 Å². The molecule has 0 atom stereocenters. The van der Waals surface area contributed by atoms with E-state index in [1.54, 1.807) is 0 Å². The van der Waals surface area contributed by atoms with Gasteiger partial charge in [0.15, 0.2) is 0 Å². The largest absolute Gasteiger partial charge is 0.310 e. The molecule has 0 spiro atoms. The monoisotopic (exact) mass is 874 g/mol. The Bertz CT molecular complexity index is 3740. The Hall–Kier alpha value is -7.94. The summed E-state index contributed by atoms with van der Waals surface area (Å²) in [7, 11) is 0. The number of hydrogen-bond acceptors (Lipinski definition) is 1. The molecule has 0 aliphatic carbocycles. The van der Waals surface area contributed by atoms with E-state index in [1.165, 1.54) is 104 Å². The average molecular weight is 875 g/mol. The molecule has 2 heteroatoms. The Kier molecular flexibility index (Phi) is 9.67. The Morgan fingerprint density at radius 3 is 1.41 bits per heavy atom. The third-order valence-electron chi connectivity index (χ3n) is 14.2. The molecule has 0 fully saturated rings. The van der Waals surface area contributed by atoms with Gasteiger partial charge >= 0.3 is 0 Å². The molecule has 12 aromatic rings. The number of benzene rings is 11. The van der Waals surface area contributed by atoms with E-state index in [9.17, 15) is 0 Å². The summed E-state index contributed by atoms with van der Waals surface area (Å²) in [5.41, 5.74) is 16.9. The first-order valence-corrected chi connectivity index (χ1v) is 24.0. The fourth-order valence-corrected chi connectivity index (χ4v) is 11.0. The standard InChI is InChI=1S/C66H54N2/c1-65(2,3)57-41-49(31-35-51(57)44-20-12-8-13-21-44)67(50-32-36-52(45-22-14-9-15-23-45)58(42-50)66(4,5)6)60-37-28-46-27-34-55-61(38-29-47-26-33-54(60)63(46)64(47)55)68-59-25-17-16-24-53(59)56-40-48(30-39-62(56)68)43-18-10-7-11-19-43/h7-42H,1-6H3. The highest BCUT2D eigenvalue weighted by Gasteiger charge is 2.27. The molecule has 328 valence electrons. The number of para-hydroxylation sites is 1. The van der Waals surface area contributed by atoms with E-state index >= 15 is 0 Å². The van der Waals surface area contributed by atoms with E-state index < -0.39 is 0 Å². The van der Waals surface area contributed by atoms with Crippen LogP contribution in [0.4, 0.5) is 17.1 Å². The van der Waals surface area contributed by atoms with Gasteiger partial charge in [-0.2, -0.15) is 0 Å². The van der Waals surface area contributed by atoms with Crippen molar-refractivity contribution in [1.82, 2.24) is 4.57 Å². The summed E-state index contributed by atoms with van der Waals surface area (Å²) in [5, 5.41) is 10.0. The van der Waals surface area contributed by atoms with Crippen molar-refractivity contribution in [1.29, 1.82) is 0 Å². The van der Waals surface area contributed by atoms with Crippen LogP contribution in [0.3, 0.4) is 0 Å². The lowest BCUT2D eigenvalue weighted by Crippen LogP contribution is -2.18. The topological polar surface area (TPSA) is 8.17 Å². The lowest BCUT2D eigenvalue weighted by molar-refractivity contribution is 0.592. The summed E-state index contributed by atoms with van der Waals surface area (Å²) < 4.78 is 2.49. The summed E-state index contributed by atoms with van der Waals surface area (Å²) in [4.78, 5) is 2.53. The molecule has 0 aliphatic heterocycles. The first-order valence-electron chi connectivity index (χ1n) is 24.0. The molecule has 0 amide bonds. The van der Waals surface area contributed by atoms with Gasteiger partial charge in [-0.25, -0.2) is 0 Å². The summed E-state index contributed by atoms with van der Waals surface area (Å²) in [6.07, 6.45) is 0. The zero-order valence-electron chi connectivity index (χ0n) is 39.7. The quantitative estimate of drug-likeness (QED) is 0.145. The summed E-state index contributed by atoms with van der Waals surface area (Å²) in [6, 6.07) is 81.3. The minimum atomic E-state index is -0.116. The zero-order chi connectivity index (χ0) is 46.3. The SMILES string of the molecule is CC(C)(C)c1cc(N(c2ccc(-c3ccccc3)c(C(C)(C)C)c2)c2ccc3ccc4c(-n5c6ccccc6c6cc(-c7ccccc7)ccc65)ccc5ccc2c3c54)ccc1-c1ccccc1. The number of rotatable bonds is 7. The van der Waals surface area contributed by atoms with Crippen LogP contribution in [-0.4, -0.2) is 4.57 Å². The van der Waals surface area contributed by atoms with Gasteiger partial charge in [0.2, 0.25) is 0 Å². The minimum Gasteiger partial charge on any atom is -0.310 e. The van der Waals surface area contributed by atoms with Crippen LogP contribution in [0.15, 0.2) is 218 Å². The predicted octanol–water partition coefficient (Wildman–Crippen LogP) is 18.7. The van der Waals surface area contributed by atoms with Gasteiger partial charge in [-0.3, -0.25) is 0 Å². The highest BCUT2D eigenvalue weighted by atomic mass is 15.1. The van der Waals surface area contributed by atoms with Crippen molar-refractivity contribution in [3.8, 4) is 39.1 Å². The second-order valence-corrected chi connectivity index (χ2v) is 20.6. The molecule has 2 nitrogen and oxygen atoms in total. The molecular formula is C66H54N2. The second-order valence-electron chi connectivity index (χ2n) is 20.6. The molecule has 0 unspecified atom stereocenters. The summed E-state index contributed by atoms with van der Waals surface area (Å²) in [6.45, 7) is 14.0. The van der Waals surface area contributed by atoms with Crippen molar-refractivity contribution in [2.45, 2.75) is 52.4 Å². The van der Waals surface area contributed by atoms with Gasteiger partial charge < -0.3 is 9.47 Å². The molecule has 0 radical (unpaired) electrons. The normalized spacial score (nSPS) is 12.3. The summed E-state index contributed by atoms with van der Waals surface area (Å²) >= 11 is 0. The Balaban J connectivity index is 1.11. The number of nitrogens with zero attached hydrogens (tertiary/aromatic N) is 2. The van der Waals surface area contributed by atoms with Crippen LogP contribution in [0.2, 0.25) is 0 Å². The van der Waals surface area contributed by atoms with E-state index in [4.69, 9.17) is 0 Å². The van der Waals surface area contributed by atoms with E-state index in [1.807, 2.05) is 0 Å². The Morgan fingerprint density at radius 1 is 0.338 bits per heavy atom. The van der Waals surface area contributed by atoms with E-state index in [0.717, 1.165) is 17.1 Å². The van der Waals surface area contributed by atoms with E-state index in [2.05, 4.69) is 269 Å². The maximum Gasteiger partial charge on any atom is 0.0541 e. The van der Waals surface area contributed by atoms with Crippen molar-refractivity contribution in [3.05, 3.63) is 230 Å². The van der Waals surface area contributed by atoms with Gasteiger partial charge in [0.1, 0.15) is 0 Å². The van der Waals surface area contributed by atoms with Gasteiger partial charge in [0.25, 0.3) is 0 Å². The van der Waals surface area contributed by atoms with Crippen molar-refractivity contribution < 1.29 is 0 Å². The molecule has 1 aromatic heterocycles. The molecular weight excluding hydrogens is 821 g/mol. The maximum atomic E-state index is 2.53. The van der Waals surface area contributed by atoms with Crippen LogP contribution in [0, 0.1) is 0 Å². The van der Waals surface area contributed by atoms with Crippen molar-refractivity contribution in [3.63, 3.8) is 0 Å². The fourth-order valence-electron chi connectivity index (χ4n) is 11.0. The average Bonchev–Trinajstić information content (AvgIpc) is 3.69. The molecule has 0 saturated heterocycles. The smallest absolute Gasteiger partial charge is 0.0541 e. The zero-order valence-corrected chi connectivity index (χ0v) is 39.7. The molecule has 11 aromatic carbocycles. The van der Waals surface area contributed by atoms with Crippen molar-refractivity contribution in [2.24, 2.45) is 0 Å². The molecule has 0 bridgehead atoms. The van der Waals surface area contributed by atoms with Gasteiger partial charge in [0, 0.05) is 32.9 Å². The molecule has 0 aliphatic rings. The van der Waals surface area contributed by atoms with Crippen LogP contribution in [0.5, 0.6) is 0 Å². The first-order chi connectivity index (χ1) is 33.0. The molecule has 0 saturated carbocycles. The number of aromatic nitrogens is 1. The van der Waals surface area contributed by atoms with Crippen LogP contribution in [0.1, 0.15) is 52.7 Å². The Morgan fingerprint density at radius 2 is 0.824 bits per heavy atom. The van der Waals surface area contributed by atoms with Crippen LogP contribution >= 0.6 is 0 Å². The lowest BCUT2D eigenvalue weighted by atomic mass is 9.80. The highest BCUT2D eigenvalue weighted by molar-refractivity contribution is 6.27. The predicted molar refractivity (Wildman–Crippen MR) is 293 cm³/mol. The van der Waals surface area contributed by atoms with Crippen molar-refractivity contribution >= 4 is 71.2 Å². The second kappa shape index (κ2) is 15.9. The lowest BCUT2D eigenvalue weighted by Gasteiger charge is -2.32. The minimum absolute atomic E-state index is 0.116. The third-order valence-corrected chi connectivity index (χ3v) is 14.2.